The summed E-state index contributed by atoms with van der Waals surface area (Å²) in [5.41, 5.74) is 8.39. The van der Waals surface area contributed by atoms with E-state index in [2.05, 4.69) is 0 Å². The third kappa shape index (κ3) is 2.52. The van der Waals surface area contributed by atoms with Gasteiger partial charge in [0.15, 0.2) is 0 Å². The molecule has 0 aliphatic carbocycles. The zero-order valence-corrected chi connectivity index (χ0v) is 8.75. The highest BCUT2D eigenvalue weighted by Crippen LogP contribution is 2.23. The Morgan fingerprint density at radius 3 is 2.36 bits per heavy atom. The van der Waals surface area contributed by atoms with E-state index in [1.807, 2.05) is 32.1 Å². The van der Waals surface area contributed by atoms with Gasteiger partial charge in [-0.2, -0.15) is 0 Å². The van der Waals surface area contributed by atoms with Gasteiger partial charge in [0.25, 0.3) is 0 Å². The largest absolute Gasteiger partial charge is 0.507 e. The molecule has 1 aromatic carbocycles. The summed E-state index contributed by atoms with van der Waals surface area (Å²) in [6, 6.07) is 4.04. The molecule has 0 saturated heterocycles. The number of aromatic hydroxyl groups is 1. The molecule has 2 nitrogen and oxygen atoms in total. The van der Waals surface area contributed by atoms with Crippen LogP contribution in [0.1, 0.15) is 23.1 Å². The lowest BCUT2D eigenvalue weighted by Crippen LogP contribution is -1.89. The number of nitrogens with two attached hydrogens (primary N) is 1. The summed E-state index contributed by atoms with van der Waals surface area (Å²) in [6.45, 7) is 3.84. The average Bonchev–Trinajstić information content (AvgIpc) is 2.14. The van der Waals surface area contributed by atoms with Gasteiger partial charge in [-0.05, 0) is 49.6 Å². The summed E-state index contributed by atoms with van der Waals surface area (Å²) in [4.78, 5) is 0. The first-order chi connectivity index (χ1) is 6.65. The van der Waals surface area contributed by atoms with Crippen molar-refractivity contribution in [1.82, 2.24) is 0 Å². The maximum absolute atomic E-state index is 9.57. The molecule has 0 aromatic heterocycles. The third-order valence-electron chi connectivity index (χ3n) is 2.29. The van der Waals surface area contributed by atoms with E-state index in [0.717, 1.165) is 24.0 Å². The fourth-order valence-electron chi connectivity index (χ4n) is 1.54. The van der Waals surface area contributed by atoms with E-state index in [0.29, 0.717) is 5.75 Å². The van der Waals surface area contributed by atoms with Gasteiger partial charge in [0.1, 0.15) is 5.75 Å². The van der Waals surface area contributed by atoms with E-state index in [1.165, 1.54) is 5.56 Å². The van der Waals surface area contributed by atoms with Crippen LogP contribution in [0.2, 0.25) is 0 Å². The van der Waals surface area contributed by atoms with Crippen molar-refractivity contribution in [1.29, 1.82) is 0 Å². The second-order valence-corrected chi connectivity index (χ2v) is 3.55. The van der Waals surface area contributed by atoms with Gasteiger partial charge in [-0.1, -0.05) is 18.2 Å². The molecule has 0 bridgehead atoms. The maximum atomic E-state index is 9.57. The summed E-state index contributed by atoms with van der Waals surface area (Å²) in [5.74, 6) is 0.406. The Kier molecular flexibility index (Phi) is 3.57. The topological polar surface area (TPSA) is 46.2 Å². The zero-order valence-electron chi connectivity index (χ0n) is 8.75. The van der Waals surface area contributed by atoms with Crippen molar-refractivity contribution in [3.63, 3.8) is 0 Å². The summed E-state index contributed by atoms with van der Waals surface area (Å²) >= 11 is 0. The summed E-state index contributed by atoms with van der Waals surface area (Å²) in [7, 11) is 0. The molecule has 2 heteroatoms. The van der Waals surface area contributed by atoms with E-state index in [9.17, 15) is 5.11 Å². The molecule has 0 amide bonds. The van der Waals surface area contributed by atoms with Gasteiger partial charge in [0.2, 0.25) is 0 Å². The van der Waals surface area contributed by atoms with Gasteiger partial charge >= 0.3 is 0 Å². The van der Waals surface area contributed by atoms with Crippen LogP contribution in [-0.2, 0) is 6.42 Å². The first-order valence-electron chi connectivity index (χ1n) is 4.81. The van der Waals surface area contributed by atoms with Crippen LogP contribution in [0.25, 0.3) is 0 Å². The maximum Gasteiger partial charge on any atom is 0.121 e. The lowest BCUT2D eigenvalue weighted by Gasteiger charge is -2.06. The molecule has 3 N–H and O–H groups in total. The predicted molar refractivity (Wildman–Crippen MR) is 59.2 cm³/mol. The molecule has 0 spiro atoms. The Morgan fingerprint density at radius 1 is 1.29 bits per heavy atom. The molecule has 0 aliphatic rings. The fourth-order valence-corrected chi connectivity index (χ4v) is 1.54. The first-order valence-corrected chi connectivity index (χ1v) is 4.81. The van der Waals surface area contributed by atoms with Crippen LogP contribution >= 0.6 is 0 Å². The van der Waals surface area contributed by atoms with Crippen LogP contribution in [0, 0.1) is 13.8 Å². The molecule has 14 heavy (non-hydrogen) atoms. The Bertz CT molecular complexity index is 319. The van der Waals surface area contributed by atoms with Gasteiger partial charge < -0.3 is 10.8 Å². The molecule has 76 valence electrons. The smallest absolute Gasteiger partial charge is 0.121 e. The molecule has 0 aliphatic heterocycles. The van der Waals surface area contributed by atoms with E-state index in [4.69, 9.17) is 5.73 Å². The first kappa shape index (κ1) is 10.6. The molecule has 0 fully saturated rings. The quantitative estimate of drug-likeness (QED) is 0.770. The van der Waals surface area contributed by atoms with Crippen LogP contribution in [0.15, 0.2) is 24.4 Å². The summed E-state index contributed by atoms with van der Waals surface area (Å²) < 4.78 is 0. The van der Waals surface area contributed by atoms with Crippen molar-refractivity contribution >= 4 is 0 Å². The van der Waals surface area contributed by atoms with Crippen LogP contribution in [-0.4, -0.2) is 5.11 Å². The fraction of sp³-hybridized carbons (Fsp3) is 0.333. The Morgan fingerprint density at radius 2 is 1.86 bits per heavy atom. The highest BCUT2D eigenvalue weighted by molar-refractivity contribution is 5.42. The number of phenols is 1. The predicted octanol–water partition coefficient (Wildman–Crippen LogP) is 2.41. The van der Waals surface area contributed by atoms with Crippen molar-refractivity contribution in [3.05, 3.63) is 41.1 Å². The van der Waals surface area contributed by atoms with Crippen molar-refractivity contribution in [3.8, 4) is 5.75 Å². The minimum absolute atomic E-state index is 0.406. The number of benzene rings is 1. The van der Waals surface area contributed by atoms with Gasteiger partial charge in [-0.25, -0.2) is 0 Å². The van der Waals surface area contributed by atoms with Crippen LogP contribution in [0.5, 0.6) is 5.75 Å². The molecule has 1 rings (SSSR count). The van der Waals surface area contributed by atoms with Crippen molar-refractivity contribution in [2.45, 2.75) is 26.7 Å². The SMILES string of the molecule is Cc1cc(CCC=CN)cc(C)c1O. The highest BCUT2D eigenvalue weighted by atomic mass is 16.3. The van der Waals surface area contributed by atoms with Gasteiger partial charge in [-0.3, -0.25) is 0 Å². The van der Waals surface area contributed by atoms with E-state index in [1.54, 1.807) is 6.20 Å². The molecule has 0 unspecified atom stereocenters. The highest BCUT2D eigenvalue weighted by Gasteiger charge is 2.02. The number of hydrogen-bond donors (Lipinski definition) is 2. The molecule has 0 saturated carbocycles. The second kappa shape index (κ2) is 4.70. The van der Waals surface area contributed by atoms with Gasteiger partial charge in [-0.15, -0.1) is 0 Å². The van der Waals surface area contributed by atoms with E-state index in [-0.39, 0.29) is 0 Å². The Labute approximate surface area is 85.1 Å². The standard InChI is InChI=1S/C12H17NO/c1-9-7-11(5-3-4-6-13)8-10(2)12(9)14/h4,6-8,14H,3,5,13H2,1-2H3. The molecule has 1 aromatic rings. The molecule has 0 atom stereocenters. The zero-order chi connectivity index (χ0) is 10.6. The summed E-state index contributed by atoms with van der Waals surface area (Å²) in [6.07, 6.45) is 5.42. The lowest BCUT2D eigenvalue weighted by atomic mass is 10.0. The number of hydrogen-bond acceptors (Lipinski definition) is 2. The van der Waals surface area contributed by atoms with E-state index < -0.39 is 0 Å². The number of rotatable bonds is 3. The van der Waals surface area contributed by atoms with Crippen molar-refractivity contribution in [2.75, 3.05) is 0 Å². The van der Waals surface area contributed by atoms with Gasteiger partial charge in [0, 0.05) is 0 Å². The van der Waals surface area contributed by atoms with Crippen molar-refractivity contribution in [2.24, 2.45) is 5.73 Å². The molecular weight excluding hydrogens is 174 g/mol. The van der Waals surface area contributed by atoms with Crippen LogP contribution in [0.4, 0.5) is 0 Å². The normalized spacial score (nSPS) is 11.0. The Balaban J connectivity index is 2.79. The monoisotopic (exact) mass is 191 g/mol. The molecule has 0 radical (unpaired) electrons. The van der Waals surface area contributed by atoms with Crippen molar-refractivity contribution < 1.29 is 5.11 Å². The second-order valence-electron chi connectivity index (χ2n) is 3.55. The van der Waals surface area contributed by atoms with Gasteiger partial charge in [0.05, 0.1) is 0 Å². The average molecular weight is 191 g/mol. The minimum Gasteiger partial charge on any atom is -0.507 e. The Hall–Kier alpha value is -1.44. The number of aryl methyl sites for hydroxylation is 3. The van der Waals surface area contributed by atoms with E-state index >= 15 is 0 Å². The van der Waals surface area contributed by atoms with Crippen LogP contribution < -0.4 is 5.73 Å². The third-order valence-corrected chi connectivity index (χ3v) is 2.29. The molecular formula is C12H17NO. The number of allylic oxidation sites excluding steroid dienone is 1. The minimum atomic E-state index is 0.406. The lowest BCUT2D eigenvalue weighted by molar-refractivity contribution is 0.466. The van der Waals surface area contributed by atoms with Crippen LogP contribution in [0.3, 0.4) is 0 Å². The summed E-state index contributed by atoms with van der Waals surface area (Å²) in [5, 5.41) is 9.57. The number of phenolic OH excluding ortho intramolecular Hbond substituents is 1. The molecule has 0 heterocycles.